The Labute approximate surface area is 68.2 Å². The molecule has 0 unspecified atom stereocenters. The van der Waals surface area contributed by atoms with E-state index in [1.54, 1.807) is 0 Å². The molecule has 0 aliphatic heterocycles. The predicted molar refractivity (Wildman–Crippen MR) is 36.3 cm³/mol. The maximum atomic E-state index is 7.20. The van der Waals surface area contributed by atoms with Gasteiger partial charge in [0.25, 0.3) is 0 Å². The van der Waals surface area contributed by atoms with Gasteiger partial charge in [-0.05, 0) is 15.9 Å². The minimum Gasteiger partial charge on any atom is -0.480 e. The molecule has 1 aromatic heterocycles. The first kappa shape index (κ1) is 2.54. The van der Waals surface area contributed by atoms with E-state index < -0.39 is 19.1 Å². The summed E-state index contributed by atoms with van der Waals surface area (Å²) in [4.78, 5) is 6.96. The van der Waals surface area contributed by atoms with Gasteiger partial charge in [-0.2, -0.15) is 0 Å². The van der Waals surface area contributed by atoms with Crippen LogP contribution in [0.4, 0.5) is 0 Å². The molecule has 0 saturated heterocycles. The van der Waals surface area contributed by atoms with Crippen LogP contribution < -0.4 is 4.74 Å². The van der Waals surface area contributed by atoms with Crippen molar-refractivity contribution in [1.82, 2.24) is 9.97 Å². The van der Waals surface area contributed by atoms with Crippen LogP contribution in [0.15, 0.2) is 16.9 Å². The van der Waals surface area contributed by atoms with Gasteiger partial charge in [-0.1, -0.05) is 0 Å². The summed E-state index contributed by atoms with van der Waals surface area (Å²) in [5.74, 6) is -0.423. The van der Waals surface area contributed by atoms with Gasteiger partial charge in [0.15, 0.2) is 0 Å². The van der Waals surface area contributed by atoms with Crippen LogP contribution in [0.1, 0.15) is 6.85 Å². The molecule has 48 valence electrons. The van der Waals surface area contributed by atoms with Gasteiger partial charge in [-0.15, -0.1) is 0 Å². The summed E-state index contributed by atoms with van der Waals surface area (Å²) in [6, 6.07) is 0. The molecule has 9 heavy (non-hydrogen) atoms. The molecule has 0 atom stereocenters. The SMILES string of the molecule is [2H]c1nc([2H])c(OC([2H])([2H])[2H])nc1Br. The maximum Gasteiger partial charge on any atom is 0.233 e. The highest BCUT2D eigenvalue weighted by Crippen LogP contribution is 2.08. The van der Waals surface area contributed by atoms with Crippen molar-refractivity contribution in [1.29, 1.82) is 0 Å². The Kier molecular flexibility index (Phi) is 0.782. The largest absolute Gasteiger partial charge is 0.480 e. The van der Waals surface area contributed by atoms with Crippen LogP contribution in [-0.4, -0.2) is 17.0 Å². The molecule has 1 rings (SSSR count). The van der Waals surface area contributed by atoms with Crippen LogP contribution in [0, 0.1) is 0 Å². The summed E-state index contributed by atoms with van der Waals surface area (Å²) < 4.78 is 39.1. The van der Waals surface area contributed by atoms with Crippen LogP contribution in [-0.2, 0) is 0 Å². The summed E-state index contributed by atoms with van der Waals surface area (Å²) >= 11 is 2.88. The number of ether oxygens (including phenoxy) is 1. The highest BCUT2D eigenvalue weighted by atomic mass is 79.9. The second-order valence-electron chi connectivity index (χ2n) is 1.15. The van der Waals surface area contributed by atoms with Gasteiger partial charge in [0.05, 0.1) is 26.2 Å². The minimum atomic E-state index is -2.67. The fraction of sp³-hybridized carbons (Fsp3) is 0.200. The number of hydrogen-bond donors (Lipinski definition) is 0. The second kappa shape index (κ2) is 2.77. The number of nitrogens with zero attached hydrogens (tertiary/aromatic N) is 2. The fourth-order valence-corrected chi connectivity index (χ4v) is 0.556. The first-order valence-corrected chi connectivity index (χ1v) is 2.78. The Hall–Kier alpha value is -0.640. The van der Waals surface area contributed by atoms with E-state index >= 15 is 0 Å². The van der Waals surface area contributed by atoms with Crippen molar-refractivity contribution in [2.24, 2.45) is 0 Å². The predicted octanol–water partition coefficient (Wildman–Crippen LogP) is 1.25. The number of hydrogen-bond acceptors (Lipinski definition) is 3. The van der Waals surface area contributed by atoms with E-state index in [0.29, 0.717) is 0 Å². The van der Waals surface area contributed by atoms with E-state index in [4.69, 9.17) is 6.85 Å². The third kappa shape index (κ3) is 1.64. The average Bonchev–Trinajstić information content (AvgIpc) is 1.97. The van der Waals surface area contributed by atoms with Gasteiger partial charge in [0.1, 0.15) is 4.60 Å². The highest BCUT2D eigenvalue weighted by Gasteiger charge is 1.91. The third-order valence-corrected chi connectivity index (χ3v) is 0.951. The fourth-order valence-electron chi connectivity index (χ4n) is 0.307. The van der Waals surface area contributed by atoms with Crippen molar-refractivity contribution in [2.45, 2.75) is 0 Å². The Morgan fingerprint density at radius 3 is 3.56 bits per heavy atom. The van der Waals surface area contributed by atoms with Crippen LogP contribution in [0.5, 0.6) is 5.88 Å². The first-order chi connectivity index (χ1) is 6.29. The minimum absolute atomic E-state index is 0.0350. The lowest BCUT2D eigenvalue weighted by atomic mass is 10.7. The Bertz CT molecular complexity index is 355. The van der Waals surface area contributed by atoms with E-state index in [2.05, 4.69) is 30.6 Å². The molecular formula is C5H5BrN2O. The Morgan fingerprint density at radius 1 is 1.89 bits per heavy atom. The lowest BCUT2D eigenvalue weighted by Crippen LogP contribution is -1.87. The molecule has 0 bridgehead atoms. The molecule has 1 aromatic rings. The monoisotopic (exact) mass is 193 g/mol. The van der Waals surface area contributed by atoms with Gasteiger partial charge in [-0.25, -0.2) is 4.98 Å². The molecule has 4 heteroatoms. The summed E-state index contributed by atoms with van der Waals surface area (Å²) in [6.07, 6.45) is -0.720. The van der Waals surface area contributed by atoms with Crippen molar-refractivity contribution in [3.63, 3.8) is 0 Å². The molecule has 1 heterocycles. The maximum absolute atomic E-state index is 7.20. The van der Waals surface area contributed by atoms with Crippen molar-refractivity contribution in [2.75, 3.05) is 7.04 Å². The van der Waals surface area contributed by atoms with Gasteiger partial charge in [-0.3, -0.25) is 4.98 Å². The number of methoxy groups -OCH3 is 1. The van der Waals surface area contributed by atoms with Crippen molar-refractivity contribution in [3.05, 3.63) is 16.9 Å². The van der Waals surface area contributed by atoms with E-state index in [-0.39, 0.29) is 10.8 Å². The molecular weight excluding hydrogens is 184 g/mol. The van der Waals surface area contributed by atoms with Gasteiger partial charge in [0.2, 0.25) is 5.88 Å². The summed E-state index contributed by atoms with van der Waals surface area (Å²) in [5.41, 5.74) is 0. The van der Waals surface area contributed by atoms with Gasteiger partial charge >= 0.3 is 0 Å². The lowest BCUT2D eigenvalue weighted by molar-refractivity contribution is 0.394. The van der Waals surface area contributed by atoms with E-state index in [1.807, 2.05) is 0 Å². The molecule has 0 aromatic carbocycles. The number of rotatable bonds is 1. The topological polar surface area (TPSA) is 35.0 Å². The molecule has 0 saturated carbocycles. The third-order valence-electron chi connectivity index (χ3n) is 0.596. The normalized spacial score (nSPS) is 18.6. The van der Waals surface area contributed by atoms with Crippen molar-refractivity contribution < 1.29 is 11.6 Å². The van der Waals surface area contributed by atoms with Crippen LogP contribution in [0.2, 0.25) is 0 Å². The first-order valence-electron chi connectivity index (χ1n) is 4.49. The smallest absolute Gasteiger partial charge is 0.233 e. The number of aromatic nitrogens is 2. The standard InChI is InChI=1S/C5H5BrN2O/c1-9-5-3-7-2-4(6)8-5/h2-3H,1H3/i1D3,2D,3D. The van der Waals surface area contributed by atoms with E-state index in [1.165, 1.54) is 0 Å². The molecule has 3 nitrogen and oxygen atoms in total. The summed E-state index contributed by atoms with van der Waals surface area (Å²) in [5, 5.41) is 0. The molecule has 0 spiro atoms. The molecule has 0 aliphatic rings. The van der Waals surface area contributed by atoms with Crippen LogP contribution in [0.25, 0.3) is 0 Å². The lowest BCUT2D eigenvalue weighted by Gasteiger charge is -1.94. The van der Waals surface area contributed by atoms with E-state index in [9.17, 15) is 0 Å². The zero-order valence-corrected chi connectivity index (χ0v) is 5.77. The summed E-state index contributed by atoms with van der Waals surface area (Å²) in [6.45, 7) is 0. The molecule has 0 fully saturated rings. The molecule has 0 N–H and O–H groups in total. The Balaban J connectivity index is 3.04. The van der Waals surface area contributed by atoms with Crippen molar-refractivity contribution in [3.8, 4) is 5.88 Å². The Morgan fingerprint density at radius 2 is 2.78 bits per heavy atom. The van der Waals surface area contributed by atoms with Gasteiger partial charge < -0.3 is 4.74 Å². The zero-order valence-electron chi connectivity index (χ0n) is 9.18. The number of halogens is 1. The average molecular weight is 194 g/mol. The zero-order chi connectivity index (χ0) is 10.9. The molecule has 0 amide bonds. The summed E-state index contributed by atoms with van der Waals surface area (Å²) in [7, 11) is -2.67. The van der Waals surface area contributed by atoms with Crippen LogP contribution >= 0.6 is 15.9 Å². The second-order valence-corrected chi connectivity index (χ2v) is 1.90. The highest BCUT2D eigenvalue weighted by molar-refractivity contribution is 9.10. The molecule has 0 radical (unpaired) electrons. The van der Waals surface area contributed by atoms with Crippen LogP contribution in [0.3, 0.4) is 0 Å². The van der Waals surface area contributed by atoms with Crippen molar-refractivity contribution >= 4 is 15.9 Å². The quantitative estimate of drug-likeness (QED) is 0.674. The molecule has 0 aliphatic carbocycles. The van der Waals surface area contributed by atoms with Gasteiger partial charge in [0, 0.05) is 0 Å². The van der Waals surface area contributed by atoms with E-state index in [0.717, 1.165) is 0 Å².